The molecule has 0 fully saturated rings. The zero-order valence-corrected chi connectivity index (χ0v) is 11.9. The number of aromatic nitrogens is 2. The summed E-state index contributed by atoms with van der Waals surface area (Å²) in [4.78, 5) is 11.1. The third-order valence-electron chi connectivity index (χ3n) is 3.90. The Morgan fingerprint density at radius 2 is 1.83 bits per heavy atom. The van der Waals surface area contributed by atoms with Crippen LogP contribution in [-0.2, 0) is 0 Å². The van der Waals surface area contributed by atoms with Crippen LogP contribution in [0.15, 0.2) is 54.6 Å². The Kier molecular flexibility index (Phi) is 2.87. The van der Waals surface area contributed by atoms with Gasteiger partial charge in [0.2, 0.25) is 0 Å². The van der Waals surface area contributed by atoms with Crippen molar-refractivity contribution in [3.8, 4) is 11.3 Å². The van der Waals surface area contributed by atoms with Crippen molar-refractivity contribution in [2.24, 2.45) is 0 Å². The molecule has 0 saturated heterocycles. The highest BCUT2D eigenvalue weighted by atomic mass is 19.1. The first kappa shape index (κ1) is 13.5. The van der Waals surface area contributed by atoms with E-state index in [1.807, 2.05) is 42.5 Å². The molecule has 23 heavy (non-hydrogen) atoms. The van der Waals surface area contributed by atoms with E-state index in [1.54, 1.807) is 0 Å². The number of halogens is 1. The molecule has 1 heterocycles. The van der Waals surface area contributed by atoms with Crippen molar-refractivity contribution < 1.29 is 14.3 Å². The van der Waals surface area contributed by atoms with E-state index in [0.29, 0.717) is 16.6 Å². The smallest absolute Gasteiger partial charge is 0.338 e. The molecule has 3 aromatic carbocycles. The molecule has 0 saturated carbocycles. The molecule has 0 aliphatic carbocycles. The number of carboxylic acid groups (broad SMARTS) is 1. The predicted molar refractivity (Wildman–Crippen MR) is 86.0 cm³/mol. The molecule has 0 bridgehead atoms. The van der Waals surface area contributed by atoms with Crippen LogP contribution in [0, 0.1) is 5.82 Å². The van der Waals surface area contributed by atoms with E-state index < -0.39 is 11.8 Å². The van der Waals surface area contributed by atoms with Crippen LogP contribution in [0.1, 0.15) is 10.4 Å². The monoisotopic (exact) mass is 306 g/mol. The van der Waals surface area contributed by atoms with Crippen LogP contribution in [0.5, 0.6) is 0 Å². The van der Waals surface area contributed by atoms with E-state index in [-0.39, 0.29) is 5.56 Å². The number of nitrogens with one attached hydrogen (secondary N) is 1. The number of hydrogen-bond donors (Lipinski definition) is 2. The van der Waals surface area contributed by atoms with Crippen molar-refractivity contribution in [3.63, 3.8) is 0 Å². The lowest BCUT2D eigenvalue weighted by molar-refractivity contribution is 0.0692. The number of rotatable bonds is 2. The van der Waals surface area contributed by atoms with Gasteiger partial charge in [0.15, 0.2) is 0 Å². The number of carbonyl (C=O) groups is 1. The van der Waals surface area contributed by atoms with Gasteiger partial charge in [0.1, 0.15) is 5.82 Å². The maximum absolute atomic E-state index is 13.8. The van der Waals surface area contributed by atoms with E-state index in [2.05, 4.69) is 10.2 Å². The highest BCUT2D eigenvalue weighted by Gasteiger charge is 2.16. The van der Waals surface area contributed by atoms with Crippen molar-refractivity contribution >= 4 is 27.6 Å². The van der Waals surface area contributed by atoms with Gasteiger partial charge < -0.3 is 5.11 Å². The first-order valence-electron chi connectivity index (χ1n) is 7.03. The summed E-state index contributed by atoms with van der Waals surface area (Å²) in [5.74, 6) is -2.08. The van der Waals surface area contributed by atoms with Gasteiger partial charge in [-0.1, -0.05) is 36.4 Å². The minimum atomic E-state index is -1.30. The first-order chi connectivity index (χ1) is 11.1. The zero-order valence-electron chi connectivity index (χ0n) is 11.9. The number of nitrogens with zero attached hydrogens (tertiary/aromatic N) is 1. The summed E-state index contributed by atoms with van der Waals surface area (Å²) in [5.41, 5.74) is 1.56. The fraction of sp³-hybridized carbons (Fsp3) is 0. The largest absolute Gasteiger partial charge is 0.478 e. The van der Waals surface area contributed by atoms with Crippen molar-refractivity contribution in [2.45, 2.75) is 0 Å². The second-order valence-electron chi connectivity index (χ2n) is 5.32. The zero-order chi connectivity index (χ0) is 16.0. The summed E-state index contributed by atoms with van der Waals surface area (Å²) in [6.45, 7) is 0. The average Bonchev–Trinajstić information content (AvgIpc) is 2.96. The van der Waals surface area contributed by atoms with Gasteiger partial charge in [0.25, 0.3) is 0 Å². The van der Waals surface area contributed by atoms with Gasteiger partial charge >= 0.3 is 5.97 Å². The highest BCUT2D eigenvalue weighted by molar-refractivity contribution is 6.00. The molecule has 1 aromatic heterocycles. The number of aromatic carboxylic acids is 1. The van der Waals surface area contributed by atoms with Gasteiger partial charge in [-0.25, -0.2) is 9.18 Å². The molecule has 4 nitrogen and oxygen atoms in total. The van der Waals surface area contributed by atoms with E-state index in [1.165, 1.54) is 6.07 Å². The first-order valence-corrected chi connectivity index (χ1v) is 7.03. The van der Waals surface area contributed by atoms with Gasteiger partial charge in [-0.2, -0.15) is 5.10 Å². The fourth-order valence-electron chi connectivity index (χ4n) is 2.76. The van der Waals surface area contributed by atoms with E-state index in [9.17, 15) is 9.18 Å². The number of aromatic amines is 1. The number of hydrogen-bond acceptors (Lipinski definition) is 2. The molecular weight excluding hydrogens is 295 g/mol. The quantitative estimate of drug-likeness (QED) is 0.582. The number of H-pyrrole nitrogens is 1. The number of fused-ring (bicyclic) bond motifs is 2. The van der Waals surface area contributed by atoms with Crippen molar-refractivity contribution in [1.82, 2.24) is 10.2 Å². The minimum Gasteiger partial charge on any atom is -0.478 e. The fourth-order valence-corrected chi connectivity index (χ4v) is 2.76. The topological polar surface area (TPSA) is 66.0 Å². The molecule has 4 rings (SSSR count). The standard InChI is InChI=1S/C18H11FN2O2/c19-15-9-16-14(8-13(15)18(22)23)17(21-20-16)12-6-5-10-3-1-2-4-11(10)7-12/h1-9H,(H,20,21)(H,22,23). The Balaban J connectivity index is 1.96. The second kappa shape index (κ2) is 4.91. The van der Waals surface area contributed by atoms with Crippen molar-refractivity contribution in [3.05, 3.63) is 66.0 Å². The lowest BCUT2D eigenvalue weighted by atomic mass is 10.0. The van der Waals surface area contributed by atoms with Crippen LogP contribution in [-0.4, -0.2) is 21.3 Å². The summed E-state index contributed by atoms with van der Waals surface area (Å²) in [7, 11) is 0. The van der Waals surface area contributed by atoms with Gasteiger partial charge in [-0.05, 0) is 22.9 Å². The second-order valence-corrected chi connectivity index (χ2v) is 5.32. The average molecular weight is 306 g/mol. The van der Waals surface area contributed by atoms with Crippen LogP contribution < -0.4 is 0 Å². The van der Waals surface area contributed by atoms with Crippen LogP contribution >= 0.6 is 0 Å². The summed E-state index contributed by atoms with van der Waals surface area (Å²) in [6.07, 6.45) is 0. The summed E-state index contributed by atoms with van der Waals surface area (Å²) >= 11 is 0. The summed E-state index contributed by atoms with van der Waals surface area (Å²) in [5, 5.41) is 18.8. The predicted octanol–water partition coefficient (Wildman–Crippen LogP) is 4.22. The molecule has 0 aliphatic heterocycles. The maximum atomic E-state index is 13.8. The van der Waals surface area contributed by atoms with E-state index in [4.69, 9.17) is 5.11 Å². The van der Waals surface area contributed by atoms with Crippen LogP contribution in [0.2, 0.25) is 0 Å². The maximum Gasteiger partial charge on any atom is 0.338 e. The Labute approximate surface area is 130 Å². The SMILES string of the molecule is O=C(O)c1cc2c(-c3ccc4ccccc4c3)n[nH]c2cc1F. The minimum absolute atomic E-state index is 0.360. The van der Waals surface area contributed by atoms with Gasteiger partial charge in [-0.3, -0.25) is 5.10 Å². The molecule has 0 atom stereocenters. The molecule has 112 valence electrons. The molecule has 0 radical (unpaired) electrons. The molecule has 5 heteroatoms. The van der Waals surface area contributed by atoms with Gasteiger partial charge in [0.05, 0.1) is 16.8 Å². The Morgan fingerprint density at radius 1 is 1.04 bits per heavy atom. The van der Waals surface area contributed by atoms with Crippen LogP contribution in [0.25, 0.3) is 32.9 Å². The molecular formula is C18H11FN2O2. The Morgan fingerprint density at radius 3 is 2.61 bits per heavy atom. The number of benzene rings is 3. The third-order valence-corrected chi connectivity index (χ3v) is 3.90. The van der Waals surface area contributed by atoms with E-state index >= 15 is 0 Å². The Hall–Kier alpha value is -3.21. The van der Waals surface area contributed by atoms with Gasteiger partial charge in [0, 0.05) is 17.0 Å². The molecule has 0 spiro atoms. The summed E-state index contributed by atoms with van der Waals surface area (Å²) in [6, 6.07) is 16.3. The number of carboxylic acids is 1. The van der Waals surface area contributed by atoms with Crippen LogP contribution in [0.4, 0.5) is 4.39 Å². The lowest BCUT2D eigenvalue weighted by Crippen LogP contribution is -2.00. The molecule has 0 aliphatic rings. The van der Waals surface area contributed by atoms with Gasteiger partial charge in [-0.15, -0.1) is 0 Å². The Bertz CT molecular complexity index is 1070. The molecule has 0 amide bonds. The normalized spacial score (nSPS) is 11.2. The molecule has 4 aromatic rings. The lowest BCUT2D eigenvalue weighted by Gasteiger charge is -2.03. The molecule has 2 N–H and O–H groups in total. The third kappa shape index (κ3) is 2.14. The highest BCUT2D eigenvalue weighted by Crippen LogP contribution is 2.30. The van der Waals surface area contributed by atoms with E-state index in [0.717, 1.165) is 22.4 Å². The van der Waals surface area contributed by atoms with Crippen LogP contribution in [0.3, 0.4) is 0 Å². The molecule has 0 unspecified atom stereocenters. The van der Waals surface area contributed by atoms with Crippen molar-refractivity contribution in [1.29, 1.82) is 0 Å². The van der Waals surface area contributed by atoms with Crippen molar-refractivity contribution in [2.75, 3.05) is 0 Å². The summed E-state index contributed by atoms with van der Waals surface area (Å²) < 4.78 is 13.8.